The number of para-hydroxylation sites is 4. The highest BCUT2D eigenvalue weighted by molar-refractivity contribution is 6.23. The number of hydrogen-bond donors (Lipinski definition) is 0. The zero-order valence-corrected chi connectivity index (χ0v) is 80.7. The molecule has 21 aromatic carbocycles. The summed E-state index contributed by atoms with van der Waals surface area (Å²) in [5.74, 6) is 0. The molecule has 4 aliphatic rings. The Morgan fingerprint density at radius 3 is 1.01 bits per heavy atom. The van der Waals surface area contributed by atoms with Crippen molar-refractivity contribution >= 4 is 98.1 Å². The second-order valence-corrected chi connectivity index (χ2v) is 40.5. The van der Waals surface area contributed by atoms with E-state index in [0.717, 1.165) is 28.4 Å². The monoisotopic (exact) mass is 1850 g/mol. The smallest absolute Gasteiger partial charge is 0.0725 e. The number of fused-ring (bicyclic) bond motifs is 31. The molecule has 0 N–H and O–H groups in total. The molecule has 0 radical (unpaired) electrons. The molecule has 6 aromatic heterocycles. The van der Waals surface area contributed by atoms with Gasteiger partial charge >= 0.3 is 0 Å². The molecule has 4 aliphatic carbocycles. The summed E-state index contributed by atoms with van der Waals surface area (Å²) in [5, 5.41) is 11.4. The maximum atomic E-state index is 2.48. The van der Waals surface area contributed by atoms with Crippen LogP contribution in [0.4, 0.5) is 0 Å². The van der Waals surface area contributed by atoms with Crippen molar-refractivity contribution < 1.29 is 0 Å². The van der Waals surface area contributed by atoms with E-state index in [-0.39, 0.29) is 16.2 Å². The molecule has 1 spiro atoms. The van der Waals surface area contributed by atoms with Gasteiger partial charge in [0.05, 0.1) is 55.1 Å². The van der Waals surface area contributed by atoms with Crippen molar-refractivity contribution in [3.63, 3.8) is 0 Å². The number of hydrogen-bond acceptors (Lipinski definition) is 0. The first-order chi connectivity index (χ1) is 71.5. The maximum Gasteiger partial charge on any atom is 0.0725 e. The fourth-order valence-corrected chi connectivity index (χ4v) is 25.6. The third-order valence-electron chi connectivity index (χ3n) is 32.3. The lowest BCUT2D eigenvalue weighted by molar-refractivity contribution is 0.660. The summed E-state index contributed by atoms with van der Waals surface area (Å²) in [7, 11) is 0. The average Bonchev–Trinajstić information content (AvgIpc) is 1.50. The number of benzene rings is 21. The Hall–Kier alpha value is -18.4. The second kappa shape index (κ2) is 32.3. The summed E-state index contributed by atoms with van der Waals surface area (Å²) in [4.78, 5) is 0. The average molecular weight is 1850 g/mol. The Labute approximate surface area is 841 Å². The van der Waals surface area contributed by atoms with Crippen molar-refractivity contribution in [2.75, 3.05) is 0 Å². The first-order valence-corrected chi connectivity index (χ1v) is 50.6. The van der Waals surface area contributed by atoms with Crippen LogP contribution in [0.15, 0.2) is 510 Å². The van der Waals surface area contributed by atoms with E-state index < -0.39 is 0 Å². The van der Waals surface area contributed by atoms with Gasteiger partial charge in [0.2, 0.25) is 0 Å². The molecule has 0 bridgehead atoms. The highest BCUT2D eigenvalue weighted by Crippen LogP contribution is 2.64. The number of nitrogens with zero attached hydrogens (tertiary/aromatic N) is 6. The lowest BCUT2D eigenvalue weighted by atomic mass is 9.70. The van der Waals surface area contributed by atoms with E-state index in [1.165, 1.54) is 237 Å². The summed E-state index contributed by atoms with van der Waals surface area (Å²) < 4.78 is 14.3. The Bertz CT molecular complexity index is 9920. The molecule has 6 heteroatoms. The van der Waals surface area contributed by atoms with Gasteiger partial charge in [0, 0.05) is 112 Å². The predicted molar refractivity (Wildman–Crippen MR) is 606 cm³/mol. The van der Waals surface area contributed by atoms with Crippen molar-refractivity contribution in [2.24, 2.45) is 0 Å². The molecule has 31 rings (SSSR count). The minimum absolute atomic E-state index is 0.0173. The molecule has 6 nitrogen and oxygen atoms in total. The molecule has 0 saturated heterocycles. The third kappa shape index (κ3) is 12.6. The van der Waals surface area contributed by atoms with Gasteiger partial charge in [-0.3, -0.25) is 0 Å². The summed E-state index contributed by atoms with van der Waals surface area (Å²) in [6, 6.07) is 181. The van der Waals surface area contributed by atoms with Crippen LogP contribution in [0.2, 0.25) is 0 Å². The van der Waals surface area contributed by atoms with Crippen molar-refractivity contribution in [1.29, 1.82) is 0 Å². The SMILES string of the molecule is CC1(C)c2ccccc2-c2ccc(-c3ccc(-n4c5ccccc5c5ccc6c(ccn6-c6ccc(-c7ccccc7)cc6)c54)cc3)cc21.CC1(C)c2ccccc2-c2ccc(-n3c4ccccc4c4ccc5c(ccn5-c5ccc(-c6ccccc6)cc5)c43)cc21.c1ccc(-n2ccc3ccc4c(c5ccccc5n4-c4cccc(-c5ccc6c(c5)C5(c7ccccc7-c7ccccc75)c5ccccc5-6)c4)c32)cc1. The zero-order chi connectivity index (χ0) is 96.1. The Morgan fingerprint density at radius 2 is 0.490 bits per heavy atom. The molecule has 0 saturated carbocycles. The number of rotatable bonds is 10. The van der Waals surface area contributed by atoms with Crippen LogP contribution in [0.3, 0.4) is 0 Å². The molecule has 27 aromatic rings. The van der Waals surface area contributed by atoms with E-state index >= 15 is 0 Å². The van der Waals surface area contributed by atoms with Crippen molar-refractivity contribution in [3.8, 4) is 123 Å². The summed E-state index contributed by atoms with van der Waals surface area (Å²) in [6.07, 6.45) is 6.62. The first kappa shape index (κ1) is 83.6. The van der Waals surface area contributed by atoms with E-state index in [4.69, 9.17) is 0 Å². The molecule has 0 unspecified atom stereocenters. The quantitative estimate of drug-likeness (QED) is 0.131. The van der Waals surface area contributed by atoms with Gasteiger partial charge in [0.25, 0.3) is 0 Å². The third-order valence-corrected chi connectivity index (χ3v) is 32.3. The Balaban J connectivity index is 0.000000104. The standard InChI is InChI=1S/C51H32N2.C47H34N2.C41H30N2/c1-2-14-36(15-3-1)52-30-29-33-26-28-48-49(50(33)52)42-20-7-11-24-47(42)53(48)37-16-12-13-34(31-37)35-25-27-41-40-19-6-10-23-45(40)51(46(41)32-35)43-21-8-4-17-38(43)39-18-5-9-22-44(39)51;1-47(2)42-14-8-6-12-37(42)38-25-20-34(30-43(38)47)33-18-23-36(24-19-33)49-45-15-9-7-13-39(45)40-26-27-44-41(46(40)49)28-29-48(44)35-21-16-32(17-22-35)31-10-4-3-5-11-31;1-41(2)36-14-8-6-12-31(36)32-21-20-30(26-37(32)41)43-39-15-9-7-13-33(39)34-22-23-38-35(40(34)43)24-25-42(38)29-18-16-28(17-19-29)27-10-4-3-5-11-27/h1-32H;3-30H,1-2H3;3-26H,1-2H3. The van der Waals surface area contributed by atoms with E-state index in [1.54, 1.807) is 0 Å². The highest BCUT2D eigenvalue weighted by atomic mass is 15.0. The summed E-state index contributed by atoms with van der Waals surface area (Å²) in [6.45, 7) is 9.41. The summed E-state index contributed by atoms with van der Waals surface area (Å²) >= 11 is 0. The van der Waals surface area contributed by atoms with Crippen LogP contribution in [0.1, 0.15) is 72.2 Å². The maximum absolute atomic E-state index is 2.48. The fourth-order valence-electron chi connectivity index (χ4n) is 25.6. The molecule has 682 valence electrons. The van der Waals surface area contributed by atoms with Gasteiger partial charge in [-0.25, -0.2) is 0 Å². The minimum atomic E-state index is -0.362. The summed E-state index contributed by atoms with van der Waals surface area (Å²) in [5.41, 5.74) is 49.2. The van der Waals surface area contributed by atoms with Gasteiger partial charge < -0.3 is 27.4 Å². The fraction of sp³-hybridized carbons (Fsp3) is 0.0504. The van der Waals surface area contributed by atoms with Gasteiger partial charge in [-0.2, -0.15) is 0 Å². The molecule has 0 aliphatic heterocycles. The normalized spacial score (nSPS) is 13.4. The van der Waals surface area contributed by atoms with Crippen molar-refractivity contribution in [3.05, 3.63) is 554 Å². The van der Waals surface area contributed by atoms with Crippen LogP contribution in [0, 0.1) is 0 Å². The highest BCUT2D eigenvalue weighted by Gasteiger charge is 2.52. The van der Waals surface area contributed by atoms with Crippen molar-refractivity contribution in [1.82, 2.24) is 27.4 Å². The lowest BCUT2D eigenvalue weighted by Crippen LogP contribution is -2.25. The lowest BCUT2D eigenvalue weighted by Gasteiger charge is -2.30. The van der Waals surface area contributed by atoms with Crippen LogP contribution < -0.4 is 0 Å². The van der Waals surface area contributed by atoms with Crippen molar-refractivity contribution in [2.45, 2.75) is 43.9 Å². The van der Waals surface area contributed by atoms with Gasteiger partial charge in [-0.1, -0.05) is 380 Å². The molecule has 0 amide bonds. The van der Waals surface area contributed by atoms with E-state index in [0.29, 0.717) is 0 Å². The Kier molecular flexibility index (Phi) is 18.6. The van der Waals surface area contributed by atoms with E-state index in [1.807, 2.05) is 0 Å². The van der Waals surface area contributed by atoms with Gasteiger partial charge in [0.1, 0.15) is 0 Å². The Morgan fingerprint density at radius 1 is 0.159 bits per heavy atom. The van der Waals surface area contributed by atoms with Gasteiger partial charge in [0.15, 0.2) is 0 Å². The van der Waals surface area contributed by atoms with Gasteiger partial charge in [-0.15, -0.1) is 0 Å². The molecule has 0 atom stereocenters. The van der Waals surface area contributed by atoms with Crippen LogP contribution in [0.25, 0.3) is 221 Å². The minimum Gasteiger partial charge on any atom is -0.316 e. The van der Waals surface area contributed by atoms with E-state index in [2.05, 4.69) is 565 Å². The number of aromatic nitrogens is 6. The van der Waals surface area contributed by atoms with Crippen LogP contribution >= 0.6 is 0 Å². The topological polar surface area (TPSA) is 29.6 Å². The van der Waals surface area contributed by atoms with Crippen LogP contribution in [0.5, 0.6) is 0 Å². The first-order valence-electron chi connectivity index (χ1n) is 50.6. The van der Waals surface area contributed by atoms with Crippen LogP contribution in [-0.2, 0) is 16.2 Å². The predicted octanol–water partition coefficient (Wildman–Crippen LogP) is 35.8. The molecule has 6 heterocycles. The van der Waals surface area contributed by atoms with Gasteiger partial charge in [-0.05, 0) is 273 Å². The molecular formula is C139H96N6. The second-order valence-electron chi connectivity index (χ2n) is 40.5. The largest absolute Gasteiger partial charge is 0.316 e. The molecule has 0 fully saturated rings. The van der Waals surface area contributed by atoms with E-state index in [9.17, 15) is 0 Å². The zero-order valence-electron chi connectivity index (χ0n) is 80.7. The molecular weight excluding hydrogens is 1750 g/mol. The van der Waals surface area contributed by atoms with Crippen LogP contribution in [-0.4, -0.2) is 27.4 Å². The molecule has 145 heavy (non-hydrogen) atoms.